The number of hydrogen-bond donors (Lipinski definition) is 1. The second-order valence-electron chi connectivity index (χ2n) is 3.78. The van der Waals surface area contributed by atoms with Crippen molar-refractivity contribution < 1.29 is 0 Å². The number of aryl methyl sites for hydroxylation is 2. The molecule has 0 spiro atoms. The number of halogens is 1. The first-order chi connectivity index (χ1) is 6.72. The molecule has 0 atom stereocenters. The summed E-state index contributed by atoms with van der Waals surface area (Å²) in [6.07, 6.45) is 0. The monoisotopic (exact) mass is 265 g/mol. The fourth-order valence-electron chi connectivity index (χ4n) is 1.79. The minimum atomic E-state index is 0. The maximum Gasteiger partial charge on any atom is 0.0184 e. The van der Waals surface area contributed by atoms with Gasteiger partial charge in [-0.1, -0.05) is 30.3 Å². The number of hydrogen-bond acceptors (Lipinski definition) is 1. The average Bonchev–Trinajstić information content (AvgIpc) is 2.19. The lowest BCUT2D eigenvalue weighted by atomic mass is 9.99. The van der Waals surface area contributed by atoms with Crippen LogP contribution in [-0.2, 0) is 6.54 Å². The second kappa shape index (κ2) is 4.77. The van der Waals surface area contributed by atoms with Crippen LogP contribution in [0.25, 0.3) is 10.8 Å². The Bertz CT molecular complexity index is 477. The molecule has 0 fully saturated rings. The predicted molar refractivity (Wildman–Crippen MR) is 71.6 cm³/mol. The molecule has 0 aliphatic heterocycles. The van der Waals surface area contributed by atoms with Gasteiger partial charge in [0.05, 0.1) is 0 Å². The van der Waals surface area contributed by atoms with Crippen LogP contribution in [0.15, 0.2) is 30.3 Å². The van der Waals surface area contributed by atoms with Gasteiger partial charge in [-0.15, -0.1) is 17.0 Å². The van der Waals surface area contributed by atoms with Crippen molar-refractivity contribution in [1.82, 2.24) is 0 Å². The van der Waals surface area contributed by atoms with Crippen molar-refractivity contribution in [1.29, 1.82) is 0 Å². The minimum Gasteiger partial charge on any atom is -0.326 e. The Morgan fingerprint density at radius 1 is 1.07 bits per heavy atom. The van der Waals surface area contributed by atoms with Crippen molar-refractivity contribution in [3.05, 3.63) is 47.0 Å². The molecule has 2 heteroatoms. The van der Waals surface area contributed by atoms with Crippen molar-refractivity contribution in [2.75, 3.05) is 0 Å². The highest BCUT2D eigenvalue weighted by Crippen LogP contribution is 2.22. The molecule has 0 amide bonds. The Hall–Kier alpha value is -0.860. The van der Waals surface area contributed by atoms with Gasteiger partial charge in [-0.3, -0.25) is 0 Å². The highest BCUT2D eigenvalue weighted by molar-refractivity contribution is 8.93. The first kappa shape index (κ1) is 12.2. The maximum absolute atomic E-state index is 5.70. The van der Waals surface area contributed by atoms with Crippen LogP contribution in [-0.4, -0.2) is 0 Å². The predicted octanol–water partition coefficient (Wildman–Crippen LogP) is 3.49. The number of rotatable bonds is 1. The molecular formula is C13H16BrN. The van der Waals surface area contributed by atoms with Crippen LogP contribution >= 0.6 is 17.0 Å². The lowest BCUT2D eigenvalue weighted by Crippen LogP contribution is -1.97. The third-order valence-electron chi connectivity index (χ3n) is 2.80. The minimum absolute atomic E-state index is 0. The van der Waals surface area contributed by atoms with E-state index < -0.39 is 0 Å². The van der Waals surface area contributed by atoms with Crippen molar-refractivity contribution in [2.45, 2.75) is 20.4 Å². The molecule has 0 bridgehead atoms. The molecule has 0 aliphatic rings. The summed E-state index contributed by atoms with van der Waals surface area (Å²) in [5.41, 5.74) is 9.60. The standard InChI is InChI=1S/C13H15N.BrH/c1-9-6-11-4-3-5-12(8-14)13(11)7-10(9)2;/h3-7H,8,14H2,1-2H3;1H. The van der Waals surface area contributed by atoms with Crippen LogP contribution in [0.4, 0.5) is 0 Å². The number of nitrogens with two attached hydrogens (primary N) is 1. The van der Waals surface area contributed by atoms with Gasteiger partial charge in [0.15, 0.2) is 0 Å². The Kier molecular flexibility index (Phi) is 3.89. The Morgan fingerprint density at radius 2 is 1.73 bits per heavy atom. The smallest absolute Gasteiger partial charge is 0.0184 e. The van der Waals surface area contributed by atoms with Gasteiger partial charge in [0.1, 0.15) is 0 Å². The number of benzene rings is 2. The van der Waals surface area contributed by atoms with Crippen LogP contribution in [0.2, 0.25) is 0 Å². The van der Waals surface area contributed by atoms with E-state index in [9.17, 15) is 0 Å². The SMILES string of the molecule is Br.Cc1cc2cccc(CN)c2cc1C. The lowest BCUT2D eigenvalue weighted by molar-refractivity contribution is 1.09. The Labute approximate surface area is 101 Å². The maximum atomic E-state index is 5.70. The summed E-state index contributed by atoms with van der Waals surface area (Å²) in [4.78, 5) is 0. The highest BCUT2D eigenvalue weighted by atomic mass is 79.9. The van der Waals surface area contributed by atoms with E-state index in [1.54, 1.807) is 0 Å². The zero-order chi connectivity index (χ0) is 10.1. The first-order valence-corrected chi connectivity index (χ1v) is 4.91. The largest absolute Gasteiger partial charge is 0.326 e. The van der Waals surface area contributed by atoms with E-state index in [0.29, 0.717) is 6.54 Å². The summed E-state index contributed by atoms with van der Waals surface area (Å²) in [7, 11) is 0. The van der Waals surface area contributed by atoms with E-state index >= 15 is 0 Å². The summed E-state index contributed by atoms with van der Waals surface area (Å²) in [6, 6.07) is 10.8. The fourth-order valence-corrected chi connectivity index (χ4v) is 1.79. The summed E-state index contributed by atoms with van der Waals surface area (Å²) in [6.45, 7) is 4.89. The molecule has 0 unspecified atom stereocenters. The zero-order valence-electron chi connectivity index (χ0n) is 9.08. The van der Waals surface area contributed by atoms with Gasteiger partial charge in [-0.2, -0.15) is 0 Å². The van der Waals surface area contributed by atoms with Gasteiger partial charge in [-0.05, 0) is 41.3 Å². The van der Waals surface area contributed by atoms with E-state index in [2.05, 4.69) is 44.2 Å². The normalized spacial score (nSPS) is 10.1. The van der Waals surface area contributed by atoms with E-state index in [-0.39, 0.29) is 17.0 Å². The van der Waals surface area contributed by atoms with Gasteiger partial charge in [0, 0.05) is 6.54 Å². The zero-order valence-corrected chi connectivity index (χ0v) is 10.8. The van der Waals surface area contributed by atoms with E-state index in [4.69, 9.17) is 5.73 Å². The molecule has 2 aromatic carbocycles. The molecular weight excluding hydrogens is 250 g/mol. The third kappa shape index (κ3) is 2.21. The molecule has 0 saturated carbocycles. The molecule has 0 saturated heterocycles. The quantitative estimate of drug-likeness (QED) is 0.840. The molecule has 80 valence electrons. The van der Waals surface area contributed by atoms with Crippen molar-refractivity contribution >= 4 is 27.8 Å². The molecule has 0 heterocycles. The van der Waals surface area contributed by atoms with Crippen molar-refractivity contribution in [2.24, 2.45) is 5.73 Å². The Balaban J connectivity index is 0.00000112. The van der Waals surface area contributed by atoms with E-state index in [0.717, 1.165) is 0 Å². The van der Waals surface area contributed by atoms with Gasteiger partial charge in [0.2, 0.25) is 0 Å². The highest BCUT2D eigenvalue weighted by Gasteiger charge is 2.01. The topological polar surface area (TPSA) is 26.0 Å². The summed E-state index contributed by atoms with van der Waals surface area (Å²) in [5.74, 6) is 0. The van der Waals surface area contributed by atoms with Crippen molar-refractivity contribution in [3.63, 3.8) is 0 Å². The lowest BCUT2D eigenvalue weighted by Gasteiger charge is -2.07. The van der Waals surface area contributed by atoms with Crippen LogP contribution in [0, 0.1) is 13.8 Å². The Morgan fingerprint density at radius 3 is 2.40 bits per heavy atom. The molecule has 2 rings (SSSR count). The van der Waals surface area contributed by atoms with E-state index in [1.165, 1.54) is 27.5 Å². The molecule has 2 N–H and O–H groups in total. The molecule has 15 heavy (non-hydrogen) atoms. The molecule has 0 aliphatic carbocycles. The van der Waals surface area contributed by atoms with Gasteiger partial charge in [0.25, 0.3) is 0 Å². The van der Waals surface area contributed by atoms with Crippen molar-refractivity contribution in [3.8, 4) is 0 Å². The average molecular weight is 266 g/mol. The van der Waals surface area contributed by atoms with Crippen LogP contribution < -0.4 is 5.73 Å². The summed E-state index contributed by atoms with van der Waals surface area (Å²) in [5, 5.41) is 2.58. The number of fused-ring (bicyclic) bond motifs is 1. The van der Waals surface area contributed by atoms with Gasteiger partial charge < -0.3 is 5.73 Å². The van der Waals surface area contributed by atoms with Crippen LogP contribution in [0.1, 0.15) is 16.7 Å². The second-order valence-corrected chi connectivity index (χ2v) is 3.78. The third-order valence-corrected chi connectivity index (χ3v) is 2.80. The molecule has 0 radical (unpaired) electrons. The summed E-state index contributed by atoms with van der Waals surface area (Å²) < 4.78 is 0. The van der Waals surface area contributed by atoms with Gasteiger partial charge in [-0.25, -0.2) is 0 Å². The van der Waals surface area contributed by atoms with Crippen LogP contribution in [0.5, 0.6) is 0 Å². The summed E-state index contributed by atoms with van der Waals surface area (Å²) >= 11 is 0. The molecule has 0 aromatic heterocycles. The fraction of sp³-hybridized carbons (Fsp3) is 0.231. The molecule has 1 nitrogen and oxygen atoms in total. The van der Waals surface area contributed by atoms with E-state index in [1.807, 2.05) is 0 Å². The van der Waals surface area contributed by atoms with Crippen LogP contribution in [0.3, 0.4) is 0 Å². The molecule has 2 aromatic rings. The van der Waals surface area contributed by atoms with Gasteiger partial charge >= 0.3 is 0 Å². The first-order valence-electron chi connectivity index (χ1n) is 4.91.